The Morgan fingerprint density at radius 1 is 1.05 bits per heavy atom. The van der Waals surface area contributed by atoms with Crippen molar-refractivity contribution in [3.63, 3.8) is 0 Å². The van der Waals surface area contributed by atoms with Gasteiger partial charge in [-0.05, 0) is 42.2 Å². The molecule has 1 N–H and O–H groups in total. The zero-order chi connectivity index (χ0) is 28.1. The van der Waals surface area contributed by atoms with Crippen LogP contribution in [0.3, 0.4) is 0 Å². The monoisotopic (exact) mass is 559 g/mol. The van der Waals surface area contributed by atoms with Gasteiger partial charge in [0.1, 0.15) is 5.76 Å². The van der Waals surface area contributed by atoms with Crippen molar-refractivity contribution in [1.82, 2.24) is 10.2 Å². The fourth-order valence-corrected chi connectivity index (χ4v) is 5.57. The van der Waals surface area contributed by atoms with Gasteiger partial charge in [0.15, 0.2) is 16.7 Å². The average Bonchev–Trinajstić information content (AvgIpc) is 3.65. The van der Waals surface area contributed by atoms with Crippen molar-refractivity contribution < 1.29 is 28.2 Å². The number of furan rings is 1. The van der Waals surface area contributed by atoms with E-state index in [1.807, 2.05) is 52.8 Å². The number of hydrogen-bond donors (Lipinski definition) is 1. The molecule has 0 saturated carbocycles. The second-order valence-corrected chi connectivity index (χ2v) is 9.73. The van der Waals surface area contributed by atoms with E-state index in [4.69, 9.17) is 23.6 Å². The molecule has 10 heteroatoms. The molecule has 1 amide bonds. The van der Waals surface area contributed by atoms with E-state index in [1.165, 1.54) is 11.8 Å². The zero-order valence-electron chi connectivity index (χ0n) is 22.4. The molecule has 0 saturated heterocycles. The van der Waals surface area contributed by atoms with Gasteiger partial charge in [-0.25, -0.2) is 9.79 Å². The van der Waals surface area contributed by atoms with Crippen LogP contribution >= 0.6 is 11.8 Å². The molecule has 2 aliphatic rings. The number of aliphatic imine (C=N–C) groups is 1. The number of hydrogen-bond acceptors (Lipinski definition) is 9. The molecule has 3 aromatic rings. The van der Waals surface area contributed by atoms with Gasteiger partial charge < -0.3 is 28.8 Å². The van der Waals surface area contributed by atoms with Gasteiger partial charge >= 0.3 is 5.97 Å². The highest BCUT2D eigenvalue weighted by Crippen LogP contribution is 2.48. The molecule has 2 aliphatic heterocycles. The van der Waals surface area contributed by atoms with Crippen LogP contribution in [0, 0.1) is 0 Å². The van der Waals surface area contributed by atoms with Crippen LogP contribution in [-0.4, -0.2) is 42.8 Å². The second-order valence-electron chi connectivity index (χ2n) is 8.89. The van der Waals surface area contributed by atoms with Gasteiger partial charge in [-0.15, -0.1) is 0 Å². The van der Waals surface area contributed by atoms with Gasteiger partial charge in [-0.1, -0.05) is 48.2 Å². The number of ether oxygens (including phenoxy) is 3. The van der Waals surface area contributed by atoms with E-state index < -0.39 is 12.0 Å². The van der Waals surface area contributed by atoms with Gasteiger partial charge in [0, 0.05) is 11.3 Å². The van der Waals surface area contributed by atoms with Gasteiger partial charge in [-0.3, -0.25) is 4.79 Å². The van der Waals surface area contributed by atoms with E-state index in [-0.39, 0.29) is 25.5 Å². The molecular weight excluding hydrogens is 530 g/mol. The molecule has 0 radical (unpaired) electrons. The maximum Gasteiger partial charge on any atom is 0.338 e. The minimum absolute atomic E-state index is 0.0767. The van der Waals surface area contributed by atoms with Crippen molar-refractivity contribution in [2.45, 2.75) is 25.9 Å². The van der Waals surface area contributed by atoms with Crippen molar-refractivity contribution in [3.05, 3.63) is 100 Å². The van der Waals surface area contributed by atoms with Gasteiger partial charge in [0.05, 0.1) is 57.4 Å². The smallest absolute Gasteiger partial charge is 0.338 e. The number of esters is 1. The maximum atomic E-state index is 13.6. The summed E-state index contributed by atoms with van der Waals surface area (Å²) >= 11 is 1.41. The van der Waals surface area contributed by atoms with Gasteiger partial charge in [0.25, 0.3) is 0 Å². The number of nitrogens with one attached hydrogen (secondary N) is 1. The summed E-state index contributed by atoms with van der Waals surface area (Å²) < 4.78 is 21.9. The number of fused-ring (bicyclic) bond motifs is 1. The average molecular weight is 560 g/mol. The Bertz CT molecular complexity index is 1480. The predicted octanol–water partition coefficient (Wildman–Crippen LogP) is 5.28. The third kappa shape index (κ3) is 5.48. The van der Waals surface area contributed by atoms with E-state index in [0.717, 1.165) is 11.1 Å². The molecule has 5 rings (SSSR count). The Labute approximate surface area is 236 Å². The van der Waals surface area contributed by atoms with Crippen LogP contribution < -0.4 is 14.8 Å². The highest BCUT2D eigenvalue weighted by atomic mass is 32.2. The Hall–Kier alpha value is -4.44. The van der Waals surface area contributed by atoms with Crippen molar-refractivity contribution >= 4 is 34.5 Å². The van der Waals surface area contributed by atoms with E-state index >= 15 is 0 Å². The lowest BCUT2D eigenvalue weighted by Crippen LogP contribution is -2.38. The van der Waals surface area contributed by atoms with Gasteiger partial charge in [-0.2, -0.15) is 0 Å². The van der Waals surface area contributed by atoms with Crippen LogP contribution in [0.4, 0.5) is 0 Å². The molecule has 9 nitrogen and oxygen atoms in total. The molecule has 0 spiro atoms. The minimum atomic E-state index is -0.638. The number of nitrogens with zero attached hydrogens (tertiary/aromatic N) is 2. The zero-order valence-corrected chi connectivity index (χ0v) is 23.2. The lowest BCUT2D eigenvalue weighted by Gasteiger charge is -2.37. The standard InChI is InChI=1S/C30H29N3O6S/c1-4-38-29(35)26-27(19-9-6-5-7-10-19)32-30-33(28(26)20-12-13-23(36-2)24(15-20)37-3)21(18-40-30)16-25(34)31-17-22-11-8-14-39-22/h5-15,18,28H,4,16-17H2,1-3H3,(H,31,34)/t28-/m1/s1. The first-order chi connectivity index (χ1) is 19.5. The predicted molar refractivity (Wildman–Crippen MR) is 152 cm³/mol. The van der Waals surface area contributed by atoms with Gasteiger partial charge in [0.2, 0.25) is 5.91 Å². The summed E-state index contributed by atoms with van der Waals surface area (Å²) in [6.45, 7) is 2.24. The highest BCUT2D eigenvalue weighted by Gasteiger charge is 2.42. The lowest BCUT2D eigenvalue weighted by molar-refractivity contribution is -0.139. The number of amides is 1. The van der Waals surface area contributed by atoms with Crippen molar-refractivity contribution in [1.29, 1.82) is 0 Å². The fourth-order valence-electron chi connectivity index (χ4n) is 4.65. The number of methoxy groups -OCH3 is 2. The minimum Gasteiger partial charge on any atom is -0.493 e. The van der Waals surface area contributed by atoms with E-state index in [1.54, 1.807) is 45.6 Å². The summed E-state index contributed by atoms with van der Waals surface area (Å²) in [7, 11) is 3.13. The Kier molecular flexibility index (Phi) is 8.26. The van der Waals surface area contributed by atoms with Crippen LogP contribution in [0.2, 0.25) is 0 Å². The fraction of sp³-hybridized carbons (Fsp3) is 0.233. The Morgan fingerprint density at radius 2 is 1.85 bits per heavy atom. The largest absolute Gasteiger partial charge is 0.493 e. The molecule has 2 aromatic carbocycles. The molecule has 3 heterocycles. The van der Waals surface area contributed by atoms with Crippen LogP contribution in [0.15, 0.2) is 93.0 Å². The van der Waals surface area contributed by atoms with Crippen molar-refractivity contribution in [2.24, 2.45) is 4.99 Å². The second kappa shape index (κ2) is 12.2. The van der Waals surface area contributed by atoms with Crippen LogP contribution in [0.1, 0.15) is 36.3 Å². The molecule has 0 aliphatic carbocycles. The SMILES string of the molecule is CCOC(=O)C1=C(c2ccccc2)N=C2SC=C(CC(=O)NCc3ccco3)N2[C@@H]1c1ccc(OC)c(OC)c1. The Morgan fingerprint density at radius 3 is 2.55 bits per heavy atom. The maximum absolute atomic E-state index is 13.6. The molecule has 1 aromatic heterocycles. The number of benzene rings is 2. The summed E-state index contributed by atoms with van der Waals surface area (Å²) in [5.41, 5.74) is 3.14. The summed E-state index contributed by atoms with van der Waals surface area (Å²) in [6, 6.07) is 18.0. The van der Waals surface area contributed by atoms with E-state index in [9.17, 15) is 9.59 Å². The molecule has 0 unspecified atom stereocenters. The van der Waals surface area contributed by atoms with E-state index in [0.29, 0.717) is 39.4 Å². The normalized spacial score (nSPS) is 16.2. The molecule has 0 bridgehead atoms. The third-order valence-electron chi connectivity index (χ3n) is 6.46. The Balaban J connectivity index is 1.59. The van der Waals surface area contributed by atoms with Crippen LogP contribution in [-0.2, 0) is 20.9 Å². The molecular formula is C30H29N3O6S. The third-order valence-corrected chi connectivity index (χ3v) is 7.35. The number of amidine groups is 1. The first-order valence-electron chi connectivity index (χ1n) is 12.7. The van der Waals surface area contributed by atoms with Crippen molar-refractivity contribution in [2.75, 3.05) is 20.8 Å². The first kappa shape index (κ1) is 27.1. The number of thioether (sulfide) groups is 1. The van der Waals surface area contributed by atoms with E-state index in [2.05, 4.69) is 5.32 Å². The highest BCUT2D eigenvalue weighted by molar-refractivity contribution is 8.16. The lowest BCUT2D eigenvalue weighted by atomic mass is 9.91. The number of carbonyl (C=O) groups excluding carboxylic acids is 2. The summed E-state index contributed by atoms with van der Waals surface area (Å²) in [6.07, 6.45) is 1.64. The summed E-state index contributed by atoms with van der Waals surface area (Å²) in [4.78, 5) is 33.5. The quantitative estimate of drug-likeness (QED) is 0.335. The number of carbonyl (C=O) groups is 2. The summed E-state index contributed by atoms with van der Waals surface area (Å²) in [5, 5.41) is 5.45. The first-order valence-corrected chi connectivity index (χ1v) is 13.6. The van der Waals surface area contributed by atoms with Crippen LogP contribution in [0.5, 0.6) is 11.5 Å². The number of rotatable bonds is 10. The topological polar surface area (TPSA) is 103 Å². The van der Waals surface area contributed by atoms with Crippen molar-refractivity contribution in [3.8, 4) is 11.5 Å². The molecule has 40 heavy (non-hydrogen) atoms. The summed E-state index contributed by atoms with van der Waals surface area (Å²) in [5.74, 6) is 1.06. The molecule has 0 fully saturated rings. The van der Waals surface area contributed by atoms with Crippen LogP contribution in [0.25, 0.3) is 5.70 Å². The molecule has 206 valence electrons. The molecule has 1 atom stereocenters.